The SMILES string of the molecule is N#C/C(=C\c1ccc(-c2ccccc2)cc1)c1nc2ccccc2c(=O)[nH]1. The van der Waals surface area contributed by atoms with Crippen molar-refractivity contribution >= 4 is 22.6 Å². The summed E-state index contributed by atoms with van der Waals surface area (Å²) in [6, 6.07) is 27.2. The third-order valence-electron chi connectivity index (χ3n) is 4.32. The molecule has 1 aromatic heterocycles. The van der Waals surface area contributed by atoms with Crippen LogP contribution in [0.15, 0.2) is 83.7 Å². The lowest BCUT2D eigenvalue weighted by Crippen LogP contribution is -2.11. The summed E-state index contributed by atoms with van der Waals surface area (Å²) >= 11 is 0. The highest BCUT2D eigenvalue weighted by molar-refractivity contribution is 5.89. The number of benzene rings is 3. The van der Waals surface area contributed by atoms with Gasteiger partial charge in [-0.3, -0.25) is 4.79 Å². The number of allylic oxidation sites excluding steroid dienone is 1. The van der Waals surface area contributed by atoms with Gasteiger partial charge in [0.2, 0.25) is 0 Å². The number of nitrogens with zero attached hydrogens (tertiary/aromatic N) is 2. The molecule has 0 saturated heterocycles. The molecule has 0 fully saturated rings. The van der Waals surface area contributed by atoms with Gasteiger partial charge in [-0.1, -0.05) is 66.7 Å². The molecule has 0 aliphatic carbocycles. The molecule has 0 saturated carbocycles. The van der Waals surface area contributed by atoms with Crippen LogP contribution < -0.4 is 5.56 Å². The third kappa shape index (κ3) is 3.39. The maximum atomic E-state index is 12.2. The number of nitriles is 1. The molecule has 0 aliphatic rings. The minimum absolute atomic E-state index is 0.254. The molecule has 4 rings (SSSR count). The number of H-pyrrole nitrogens is 1. The highest BCUT2D eigenvalue weighted by atomic mass is 16.1. The van der Waals surface area contributed by atoms with Crippen molar-refractivity contribution in [3.63, 3.8) is 0 Å². The molecule has 128 valence electrons. The molecule has 27 heavy (non-hydrogen) atoms. The fraction of sp³-hybridized carbons (Fsp3) is 0. The first-order chi connectivity index (χ1) is 13.2. The van der Waals surface area contributed by atoms with Crippen molar-refractivity contribution in [1.82, 2.24) is 9.97 Å². The van der Waals surface area contributed by atoms with E-state index in [9.17, 15) is 10.1 Å². The molecule has 3 aromatic carbocycles. The molecule has 0 amide bonds. The molecule has 0 atom stereocenters. The number of fused-ring (bicyclic) bond motifs is 1. The molecular weight excluding hydrogens is 334 g/mol. The molecule has 4 aromatic rings. The smallest absolute Gasteiger partial charge is 0.259 e. The van der Waals surface area contributed by atoms with Gasteiger partial charge >= 0.3 is 0 Å². The van der Waals surface area contributed by atoms with Crippen molar-refractivity contribution in [3.8, 4) is 17.2 Å². The van der Waals surface area contributed by atoms with Gasteiger partial charge in [0, 0.05) is 0 Å². The molecule has 0 radical (unpaired) electrons. The van der Waals surface area contributed by atoms with Crippen LogP contribution in [0.5, 0.6) is 0 Å². The van der Waals surface area contributed by atoms with Gasteiger partial charge in [0.05, 0.1) is 16.5 Å². The summed E-state index contributed by atoms with van der Waals surface area (Å²) < 4.78 is 0. The fourth-order valence-corrected chi connectivity index (χ4v) is 2.94. The van der Waals surface area contributed by atoms with Crippen molar-refractivity contribution in [2.45, 2.75) is 0 Å². The quantitative estimate of drug-likeness (QED) is 0.547. The standard InChI is InChI=1S/C23H15N3O/c24-15-19(22-25-21-9-5-4-8-20(21)23(27)26-22)14-16-10-12-18(13-11-16)17-6-2-1-3-7-17/h1-14H,(H,25,26,27)/b19-14+. The lowest BCUT2D eigenvalue weighted by molar-refractivity contribution is 1.13. The number of nitrogens with one attached hydrogen (secondary N) is 1. The van der Waals surface area contributed by atoms with Gasteiger partial charge in [-0.2, -0.15) is 5.26 Å². The van der Waals surface area contributed by atoms with E-state index in [1.54, 1.807) is 24.3 Å². The van der Waals surface area contributed by atoms with Crippen LogP contribution in [-0.4, -0.2) is 9.97 Å². The Kier molecular flexibility index (Phi) is 4.34. The summed E-state index contributed by atoms with van der Waals surface area (Å²) in [7, 11) is 0. The van der Waals surface area contributed by atoms with Gasteiger partial charge in [-0.25, -0.2) is 4.98 Å². The van der Waals surface area contributed by atoms with Gasteiger partial charge in [-0.15, -0.1) is 0 Å². The average Bonchev–Trinajstić information content (AvgIpc) is 2.73. The summed E-state index contributed by atoms with van der Waals surface area (Å²) in [6.07, 6.45) is 1.72. The van der Waals surface area contributed by atoms with E-state index in [4.69, 9.17) is 0 Å². The maximum Gasteiger partial charge on any atom is 0.259 e. The normalized spacial score (nSPS) is 11.3. The van der Waals surface area contributed by atoms with Crippen LogP contribution in [0.3, 0.4) is 0 Å². The van der Waals surface area contributed by atoms with E-state index in [1.165, 1.54) is 0 Å². The summed E-state index contributed by atoms with van der Waals surface area (Å²) in [5, 5.41) is 10.1. The van der Waals surface area contributed by atoms with Gasteiger partial charge in [0.15, 0.2) is 5.82 Å². The highest BCUT2D eigenvalue weighted by Gasteiger charge is 2.08. The molecule has 0 bridgehead atoms. The topological polar surface area (TPSA) is 69.5 Å². The molecule has 0 unspecified atom stereocenters. The van der Waals surface area contributed by atoms with Crippen molar-refractivity contribution in [1.29, 1.82) is 5.26 Å². The van der Waals surface area contributed by atoms with Crippen LogP contribution in [-0.2, 0) is 0 Å². The minimum Gasteiger partial charge on any atom is -0.305 e. The maximum absolute atomic E-state index is 12.2. The van der Waals surface area contributed by atoms with Crippen molar-refractivity contribution in [3.05, 3.63) is 101 Å². The Balaban J connectivity index is 1.72. The molecular formula is C23H15N3O. The lowest BCUT2D eigenvalue weighted by atomic mass is 10.0. The zero-order valence-corrected chi connectivity index (χ0v) is 14.4. The second-order valence-electron chi connectivity index (χ2n) is 6.09. The van der Waals surface area contributed by atoms with Crippen molar-refractivity contribution < 1.29 is 0 Å². The fourth-order valence-electron chi connectivity index (χ4n) is 2.94. The van der Waals surface area contributed by atoms with Crippen LogP contribution >= 0.6 is 0 Å². The Hall–Kier alpha value is -3.97. The number of rotatable bonds is 3. The zero-order valence-electron chi connectivity index (χ0n) is 14.4. The first-order valence-electron chi connectivity index (χ1n) is 8.51. The van der Waals surface area contributed by atoms with Crippen LogP contribution in [0.25, 0.3) is 33.7 Å². The second kappa shape index (κ2) is 7.11. The zero-order chi connectivity index (χ0) is 18.6. The molecule has 4 nitrogen and oxygen atoms in total. The predicted octanol–water partition coefficient (Wildman–Crippen LogP) is 4.65. The number of para-hydroxylation sites is 1. The first-order valence-corrected chi connectivity index (χ1v) is 8.51. The minimum atomic E-state index is -0.254. The van der Waals surface area contributed by atoms with Crippen molar-refractivity contribution in [2.75, 3.05) is 0 Å². The predicted molar refractivity (Wildman–Crippen MR) is 108 cm³/mol. The summed E-state index contributed by atoms with van der Waals surface area (Å²) in [6.45, 7) is 0. The van der Waals surface area contributed by atoms with E-state index in [2.05, 4.69) is 28.2 Å². The Morgan fingerprint density at radius 2 is 1.56 bits per heavy atom. The largest absolute Gasteiger partial charge is 0.305 e. The summed E-state index contributed by atoms with van der Waals surface area (Å²) in [4.78, 5) is 19.4. The Labute approximate surface area is 156 Å². The van der Waals surface area contributed by atoms with Crippen LogP contribution in [0.1, 0.15) is 11.4 Å². The van der Waals surface area contributed by atoms with Crippen molar-refractivity contribution in [2.24, 2.45) is 0 Å². The molecule has 0 aliphatic heterocycles. The molecule has 4 heteroatoms. The van der Waals surface area contributed by atoms with Gasteiger partial charge in [0.25, 0.3) is 5.56 Å². The average molecular weight is 349 g/mol. The number of aromatic nitrogens is 2. The third-order valence-corrected chi connectivity index (χ3v) is 4.32. The Morgan fingerprint density at radius 1 is 0.889 bits per heavy atom. The van der Waals surface area contributed by atoms with Crippen LogP contribution in [0.4, 0.5) is 0 Å². The monoisotopic (exact) mass is 349 g/mol. The van der Waals surface area contributed by atoms with Gasteiger partial charge < -0.3 is 4.98 Å². The van der Waals surface area contributed by atoms with E-state index in [0.717, 1.165) is 16.7 Å². The Bertz CT molecular complexity index is 1230. The van der Waals surface area contributed by atoms with E-state index in [0.29, 0.717) is 16.5 Å². The number of hydrogen-bond acceptors (Lipinski definition) is 3. The number of hydrogen-bond donors (Lipinski definition) is 1. The van der Waals surface area contributed by atoms with Gasteiger partial charge in [-0.05, 0) is 34.9 Å². The van der Waals surface area contributed by atoms with E-state index < -0.39 is 0 Å². The van der Waals surface area contributed by atoms with Crippen LogP contribution in [0.2, 0.25) is 0 Å². The molecule has 0 spiro atoms. The molecule has 1 heterocycles. The first kappa shape index (κ1) is 16.5. The van der Waals surface area contributed by atoms with E-state index in [-0.39, 0.29) is 11.4 Å². The summed E-state index contributed by atoms with van der Waals surface area (Å²) in [5.74, 6) is 0.272. The second-order valence-corrected chi connectivity index (χ2v) is 6.09. The number of aromatic amines is 1. The van der Waals surface area contributed by atoms with E-state index >= 15 is 0 Å². The highest BCUT2D eigenvalue weighted by Crippen LogP contribution is 2.21. The van der Waals surface area contributed by atoms with Gasteiger partial charge in [0.1, 0.15) is 6.07 Å². The van der Waals surface area contributed by atoms with E-state index in [1.807, 2.05) is 48.5 Å². The molecule has 1 N–H and O–H groups in total. The summed E-state index contributed by atoms with van der Waals surface area (Å²) in [5.41, 5.74) is 3.72. The lowest BCUT2D eigenvalue weighted by Gasteiger charge is -2.04. The van der Waals surface area contributed by atoms with Crippen LogP contribution in [0, 0.1) is 11.3 Å². The Morgan fingerprint density at radius 3 is 2.30 bits per heavy atom.